The van der Waals surface area contributed by atoms with E-state index in [1.165, 1.54) is 38.5 Å². The second kappa shape index (κ2) is 15.4. The van der Waals surface area contributed by atoms with Crippen LogP contribution < -0.4 is 0 Å². The van der Waals surface area contributed by atoms with Crippen molar-refractivity contribution in [2.24, 2.45) is 11.8 Å². The maximum absolute atomic E-state index is 8.89. The molecule has 2 atom stereocenters. The highest BCUT2D eigenvalue weighted by Crippen LogP contribution is 2.09. The van der Waals surface area contributed by atoms with Crippen molar-refractivity contribution in [1.29, 1.82) is 10.5 Å². The quantitative estimate of drug-likeness (QED) is 0.419. The molecule has 4 heteroatoms. The smallest absolute Gasteiger partial charge is 0.0666 e. The van der Waals surface area contributed by atoms with Crippen molar-refractivity contribution < 1.29 is 0 Å². The van der Waals surface area contributed by atoms with Crippen LogP contribution in [0.25, 0.3) is 0 Å². The average Bonchev–Trinajstić information content (AvgIpc) is 2.60. The molecule has 0 aliphatic carbocycles. The van der Waals surface area contributed by atoms with Gasteiger partial charge in [-0.2, -0.15) is 10.5 Å². The molecule has 0 unspecified atom stereocenters. The minimum Gasteiger partial charge on any atom is -0.302 e. The van der Waals surface area contributed by atoms with E-state index in [2.05, 4.69) is 35.8 Å². The Labute approximate surface area is 150 Å². The van der Waals surface area contributed by atoms with E-state index in [9.17, 15) is 0 Å². The molecular formula is C20H38N4. The normalized spacial score (nSPS) is 13.7. The zero-order valence-electron chi connectivity index (χ0n) is 16.4. The van der Waals surface area contributed by atoms with Crippen LogP contribution in [0.15, 0.2) is 0 Å². The van der Waals surface area contributed by atoms with Gasteiger partial charge >= 0.3 is 0 Å². The van der Waals surface area contributed by atoms with Crippen LogP contribution >= 0.6 is 0 Å². The zero-order chi connectivity index (χ0) is 18.2. The Hall–Kier alpha value is -1.10. The van der Waals surface area contributed by atoms with Crippen LogP contribution in [0.2, 0.25) is 0 Å². The van der Waals surface area contributed by atoms with E-state index in [1.807, 2.05) is 13.8 Å². The first kappa shape index (κ1) is 22.9. The van der Waals surface area contributed by atoms with Crippen molar-refractivity contribution in [1.82, 2.24) is 9.80 Å². The molecule has 0 N–H and O–H groups in total. The van der Waals surface area contributed by atoms with Gasteiger partial charge in [-0.15, -0.1) is 0 Å². The van der Waals surface area contributed by atoms with E-state index in [1.54, 1.807) is 0 Å². The third kappa shape index (κ3) is 12.3. The number of nitrogens with zero attached hydrogens (tertiary/aromatic N) is 4. The van der Waals surface area contributed by atoms with E-state index in [-0.39, 0.29) is 11.8 Å². The van der Waals surface area contributed by atoms with E-state index >= 15 is 0 Å². The fourth-order valence-electron chi connectivity index (χ4n) is 2.99. The molecular weight excluding hydrogens is 296 g/mol. The third-order valence-electron chi connectivity index (χ3n) is 4.60. The predicted molar refractivity (Wildman–Crippen MR) is 101 cm³/mol. The molecule has 4 nitrogen and oxygen atoms in total. The van der Waals surface area contributed by atoms with Crippen molar-refractivity contribution >= 4 is 0 Å². The third-order valence-corrected chi connectivity index (χ3v) is 4.60. The van der Waals surface area contributed by atoms with E-state index in [0.717, 1.165) is 39.3 Å². The molecule has 0 heterocycles. The fraction of sp³-hybridized carbons (Fsp3) is 0.900. The highest BCUT2D eigenvalue weighted by Gasteiger charge is 2.08. The van der Waals surface area contributed by atoms with Gasteiger partial charge in [0.25, 0.3) is 0 Å². The Bertz CT molecular complexity index is 333. The lowest BCUT2D eigenvalue weighted by molar-refractivity contribution is 0.258. The van der Waals surface area contributed by atoms with Gasteiger partial charge in [0.2, 0.25) is 0 Å². The lowest BCUT2D eigenvalue weighted by Crippen LogP contribution is -2.29. The minimum atomic E-state index is 0.134. The SMILES string of the molecule is CCN(CCCCCCCCN(CC)C[C@@H](C)C#N)C[C@@H](C)C#N. The molecule has 0 rings (SSSR count). The Morgan fingerprint density at radius 2 is 1.00 bits per heavy atom. The van der Waals surface area contributed by atoms with Crippen molar-refractivity contribution in [3.8, 4) is 12.1 Å². The predicted octanol–water partition coefficient (Wildman–Crippen LogP) is 4.29. The van der Waals surface area contributed by atoms with Gasteiger partial charge < -0.3 is 9.80 Å². The molecule has 0 fully saturated rings. The van der Waals surface area contributed by atoms with Crippen molar-refractivity contribution in [2.45, 2.75) is 66.2 Å². The Morgan fingerprint density at radius 1 is 0.667 bits per heavy atom. The monoisotopic (exact) mass is 334 g/mol. The largest absolute Gasteiger partial charge is 0.302 e. The fourth-order valence-corrected chi connectivity index (χ4v) is 2.99. The summed E-state index contributed by atoms with van der Waals surface area (Å²) in [7, 11) is 0. The molecule has 0 aliphatic heterocycles. The summed E-state index contributed by atoms with van der Waals surface area (Å²) in [6, 6.07) is 4.64. The van der Waals surface area contributed by atoms with Crippen molar-refractivity contribution in [2.75, 3.05) is 39.3 Å². The second-order valence-corrected chi connectivity index (χ2v) is 6.97. The van der Waals surface area contributed by atoms with E-state index < -0.39 is 0 Å². The summed E-state index contributed by atoms with van der Waals surface area (Å²) in [5.74, 6) is 0.269. The lowest BCUT2D eigenvalue weighted by atomic mass is 10.1. The summed E-state index contributed by atoms with van der Waals surface area (Å²) in [6.07, 6.45) is 7.69. The Kier molecular flexibility index (Phi) is 14.7. The average molecular weight is 335 g/mol. The van der Waals surface area contributed by atoms with E-state index in [4.69, 9.17) is 10.5 Å². The topological polar surface area (TPSA) is 54.1 Å². The zero-order valence-corrected chi connectivity index (χ0v) is 16.4. The number of hydrogen-bond acceptors (Lipinski definition) is 4. The van der Waals surface area contributed by atoms with Gasteiger partial charge in [0.15, 0.2) is 0 Å². The first-order valence-corrected chi connectivity index (χ1v) is 9.81. The molecule has 0 radical (unpaired) electrons. The molecule has 0 spiro atoms. The molecule has 0 aromatic heterocycles. The number of hydrogen-bond donors (Lipinski definition) is 0. The van der Waals surface area contributed by atoms with Gasteiger partial charge in [0.05, 0.1) is 24.0 Å². The summed E-state index contributed by atoms with van der Waals surface area (Å²) in [5, 5.41) is 17.8. The van der Waals surface area contributed by atoms with Crippen LogP contribution in [0.5, 0.6) is 0 Å². The summed E-state index contributed by atoms with van der Waals surface area (Å²) >= 11 is 0. The molecule has 0 amide bonds. The molecule has 0 aliphatic rings. The van der Waals surface area contributed by atoms with Gasteiger partial charge in [0, 0.05) is 13.1 Å². The highest BCUT2D eigenvalue weighted by atomic mass is 15.1. The van der Waals surface area contributed by atoms with Gasteiger partial charge in [-0.1, -0.05) is 39.5 Å². The first-order valence-electron chi connectivity index (χ1n) is 9.81. The summed E-state index contributed by atoms with van der Waals surface area (Å²) in [5.41, 5.74) is 0. The van der Waals surface area contributed by atoms with Crippen molar-refractivity contribution in [3.05, 3.63) is 0 Å². The maximum atomic E-state index is 8.89. The molecule has 0 bridgehead atoms. The number of nitriles is 2. The summed E-state index contributed by atoms with van der Waals surface area (Å²) in [6.45, 7) is 14.5. The van der Waals surface area contributed by atoms with Crippen LogP contribution in [0.1, 0.15) is 66.2 Å². The number of rotatable bonds is 15. The molecule has 0 aromatic rings. The number of unbranched alkanes of at least 4 members (excludes halogenated alkanes) is 5. The van der Waals surface area contributed by atoms with Crippen LogP contribution in [0, 0.1) is 34.5 Å². The minimum absolute atomic E-state index is 0.134. The Morgan fingerprint density at radius 3 is 1.29 bits per heavy atom. The first-order chi connectivity index (χ1) is 11.6. The van der Waals surface area contributed by atoms with Crippen LogP contribution in [0.3, 0.4) is 0 Å². The van der Waals surface area contributed by atoms with Gasteiger partial charge in [-0.05, 0) is 52.9 Å². The Balaban J connectivity index is 3.59. The van der Waals surface area contributed by atoms with Gasteiger partial charge in [-0.25, -0.2) is 0 Å². The highest BCUT2D eigenvalue weighted by molar-refractivity contribution is 4.81. The summed E-state index contributed by atoms with van der Waals surface area (Å²) < 4.78 is 0. The summed E-state index contributed by atoms with van der Waals surface area (Å²) in [4.78, 5) is 4.78. The molecule has 0 aromatic carbocycles. The van der Waals surface area contributed by atoms with Crippen LogP contribution in [-0.2, 0) is 0 Å². The van der Waals surface area contributed by atoms with Gasteiger partial charge in [-0.3, -0.25) is 0 Å². The van der Waals surface area contributed by atoms with Crippen molar-refractivity contribution in [3.63, 3.8) is 0 Å². The molecule has 0 saturated heterocycles. The standard InChI is InChI=1S/C20H38N4/c1-5-23(17-19(3)15-21)13-11-9-7-8-10-12-14-24(6-2)18-20(4)16-22/h19-20H,5-14,17-18H2,1-4H3/t19-,20-/m0/s1. The molecule has 0 saturated carbocycles. The van der Waals surface area contributed by atoms with E-state index in [0.29, 0.717) is 0 Å². The maximum Gasteiger partial charge on any atom is 0.0666 e. The van der Waals surface area contributed by atoms with Crippen LogP contribution in [0.4, 0.5) is 0 Å². The van der Waals surface area contributed by atoms with Crippen LogP contribution in [-0.4, -0.2) is 49.1 Å². The second-order valence-electron chi connectivity index (χ2n) is 6.97. The lowest BCUT2D eigenvalue weighted by Gasteiger charge is -2.21. The van der Waals surface area contributed by atoms with Gasteiger partial charge in [0.1, 0.15) is 0 Å². The molecule has 138 valence electrons. The molecule has 24 heavy (non-hydrogen) atoms.